The zero-order chi connectivity index (χ0) is 22.1. The maximum atomic E-state index is 13.4. The fraction of sp³-hybridized carbons (Fsp3) is 0.231. The lowest BCUT2D eigenvalue weighted by molar-refractivity contribution is 0.0718. The van der Waals surface area contributed by atoms with Gasteiger partial charge >= 0.3 is 0 Å². The van der Waals surface area contributed by atoms with E-state index < -0.39 is 6.10 Å². The van der Waals surface area contributed by atoms with Gasteiger partial charge in [0.1, 0.15) is 18.0 Å². The number of aliphatic hydroxyl groups excluding tert-OH is 1. The molecule has 1 atom stereocenters. The van der Waals surface area contributed by atoms with Crippen LogP contribution in [0.15, 0.2) is 73.1 Å². The number of para-hydroxylation sites is 1. The van der Waals surface area contributed by atoms with Gasteiger partial charge in [0.05, 0.1) is 17.4 Å². The minimum absolute atomic E-state index is 0.102. The number of imidazole rings is 1. The third-order valence-electron chi connectivity index (χ3n) is 5.96. The molecule has 6 nitrogen and oxygen atoms in total. The molecule has 1 amide bonds. The van der Waals surface area contributed by atoms with Crippen molar-refractivity contribution in [2.75, 3.05) is 6.54 Å². The van der Waals surface area contributed by atoms with E-state index in [1.807, 2.05) is 78.3 Å². The second-order valence-corrected chi connectivity index (χ2v) is 8.17. The molecule has 1 N–H and O–H groups in total. The van der Waals surface area contributed by atoms with Crippen LogP contribution in [0.3, 0.4) is 0 Å². The predicted molar refractivity (Wildman–Crippen MR) is 121 cm³/mol. The Morgan fingerprint density at radius 1 is 1.12 bits per heavy atom. The Labute approximate surface area is 186 Å². The van der Waals surface area contributed by atoms with E-state index >= 15 is 0 Å². The van der Waals surface area contributed by atoms with Crippen molar-refractivity contribution in [1.82, 2.24) is 14.3 Å². The third kappa shape index (κ3) is 3.85. The molecule has 0 bridgehead atoms. The van der Waals surface area contributed by atoms with E-state index in [1.165, 1.54) is 0 Å². The molecule has 6 heteroatoms. The van der Waals surface area contributed by atoms with Crippen LogP contribution in [0.1, 0.15) is 45.3 Å². The Balaban J connectivity index is 1.37. The molecule has 3 heterocycles. The van der Waals surface area contributed by atoms with Crippen molar-refractivity contribution in [1.29, 1.82) is 0 Å². The molecular weight excluding hydrogens is 402 g/mol. The molecular formula is C26H25N3O3. The van der Waals surface area contributed by atoms with Gasteiger partial charge in [0.25, 0.3) is 5.91 Å². The number of aliphatic hydroxyl groups is 1. The predicted octanol–water partition coefficient (Wildman–Crippen LogP) is 4.30. The van der Waals surface area contributed by atoms with Crippen LogP contribution in [0.25, 0.3) is 5.65 Å². The maximum absolute atomic E-state index is 13.4. The molecule has 0 unspecified atom stereocenters. The molecule has 5 rings (SSSR count). The van der Waals surface area contributed by atoms with E-state index in [9.17, 15) is 9.90 Å². The van der Waals surface area contributed by atoms with Gasteiger partial charge in [0.15, 0.2) is 0 Å². The van der Waals surface area contributed by atoms with Gasteiger partial charge in [-0.3, -0.25) is 4.79 Å². The largest absolute Gasteiger partial charge is 0.486 e. The summed E-state index contributed by atoms with van der Waals surface area (Å²) in [7, 11) is 0. The van der Waals surface area contributed by atoms with E-state index in [0.29, 0.717) is 30.8 Å². The lowest BCUT2D eigenvalue weighted by atomic mass is 10.0. The number of benzene rings is 2. The van der Waals surface area contributed by atoms with Gasteiger partial charge in [0.2, 0.25) is 0 Å². The first-order chi connectivity index (χ1) is 15.6. The highest BCUT2D eigenvalue weighted by atomic mass is 16.5. The van der Waals surface area contributed by atoms with Crippen LogP contribution in [-0.2, 0) is 13.2 Å². The number of nitrogens with zero attached hydrogens (tertiary/aromatic N) is 3. The zero-order valence-electron chi connectivity index (χ0n) is 17.9. The number of pyridine rings is 1. The quantitative estimate of drug-likeness (QED) is 0.527. The van der Waals surface area contributed by atoms with E-state index in [1.54, 1.807) is 11.0 Å². The van der Waals surface area contributed by atoms with Crippen molar-refractivity contribution >= 4 is 11.6 Å². The van der Waals surface area contributed by atoms with Crippen LogP contribution in [0, 0.1) is 6.92 Å². The molecule has 32 heavy (non-hydrogen) atoms. The molecule has 1 aliphatic rings. The van der Waals surface area contributed by atoms with Crippen LogP contribution in [0.2, 0.25) is 0 Å². The molecule has 0 radical (unpaired) electrons. The fourth-order valence-corrected chi connectivity index (χ4v) is 4.26. The lowest BCUT2D eigenvalue weighted by Gasteiger charge is -2.22. The summed E-state index contributed by atoms with van der Waals surface area (Å²) in [6.07, 6.45) is 3.85. The summed E-state index contributed by atoms with van der Waals surface area (Å²) in [4.78, 5) is 19.9. The first-order valence-corrected chi connectivity index (χ1v) is 10.8. The number of ether oxygens (including phenoxy) is 1. The summed E-state index contributed by atoms with van der Waals surface area (Å²) >= 11 is 0. The lowest BCUT2D eigenvalue weighted by Crippen LogP contribution is -2.31. The summed E-state index contributed by atoms with van der Waals surface area (Å²) in [6, 6.07) is 19.1. The Kier molecular flexibility index (Phi) is 5.37. The molecule has 2 aromatic heterocycles. The number of fused-ring (bicyclic) bond motifs is 2. The number of aromatic nitrogens is 2. The van der Waals surface area contributed by atoms with Crippen LogP contribution in [0.4, 0.5) is 0 Å². The Bertz CT molecular complexity index is 1280. The van der Waals surface area contributed by atoms with E-state index in [-0.39, 0.29) is 12.5 Å². The molecule has 0 saturated heterocycles. The Hall–Kier alpha value is -3.64. The number of amides is 1. The highest BCUT2D eigenvalue weighted by molar-refractivity contribution is 5.97. The number of hydrogen-bond acceptors (Lipinski definition) is 4. The van der Waals surface area contributed by atoms with Gasteiger partial charge in [-0.05, 0) is 48.2 Å². The Morgan fingerprint density at radius 3 is 2.81 bits per heavy atom. The van der Waals surface area contributed by atoms with Gasteiger partial charge in [0, 0.05) is 25.5 Å². The van der Waals surface area contributed by atoms with Gasteiger partial charge < -0.3 is 19.1 Å². The second-order valence-electron chi connectivity index (χ2n) is 8.17. The standard InChI is InChI=1S/C26H25N3O3/c1-18-7-6-13-28-16-20(27-25(18)28)17-32-24-11-5-4-10-22(24)26(31)29-14-12-23(30)21-9-3-2-8-19(21)15-29/h2-11,13,16,23,30H,12,14-15,17H2,1H3/t23-/m0/s1. The van der Waals surface area contributed by atoms with Crippen molar-refractivity contribution in [3.05, 3.63) is 101 Å². The molecule has 4 aromatic rings. The average Bonchev–Trinajstić information content (AvgIpc) is 3.17. The fourth-order valence-electron chi connectivity index (χ4n) is 4.26. The highest BCUT2D eigenvalue weighted by Gasteiger charge is 2.26. The molecule has 0 spiro atoms. The maximum Gasteiger partial charge on any atom is 0.257 e. The number of carbonyl (C=O) groups excluding carboxylic acids is 1. The van der Waals surface area contributed by atoms with E-state index in [2.05, 4.69) is 4.98 Å². The number of hydrogen-bond donors (Lipinski definition) is 1. The van der Waals surface area contributed by atoms with E-state index in [4.69, 9.17) is 4.74 Å². The van der Waals surface area contributed by atoms with Crippen molar-refractivity contribution in [3.8, 4) is 5.75 Å². The monoisotopic (exact) mass is 427 g/mol. The topological polar surface area (TPSA) is 67.1 Å². The summed E-state index contributed by atoms with van der Waals surface area (Å²) in [5, 5.41) is 10.5. The molecule has 1 aliphatic heterocycles. The second kappa shape index (κ2) is 8.48. The minimum atomic E-state index is -0.561. The number of carbonyl (C=O) groups is 1. The molecule has 0 saturated carbocycles. The molecule has 0 aliphatic carbocycles. The number of rotatable bonds is 4. The minimum Gasteiger partial charge on any atom is -0.486 e. The Morgan fingerprint density at radius 2 is 1.94 bits per heavy atom. The normalized spacial score (nSPS) is 15.9. The average molecular weight is 428 g/mol. The third-order valence-corrected chi connectivity index (χ3v) is 5.96. The van der Waals surface area contributed by atoms with Gasteiger partial charge in [-0.25, -0.2) is 4.98 Å². The van der Waals surface area contributed by atoms with Crippen molar-refractivity contribution < 1.29 is 14.6 Å². The van der Waals surface area contributed by atoms with Gasteiger partial charge in [-0.15, -0.1) is 0 Å². The van der Waals surface area contributed by atoms with Crippen LogP contribution in [0.5, 0.6) is 5.75 Å². The van der Waals surface area contributed by atoms with Crippen LogP contribution >= 0.6 is 0 Å². The number of aryl methyl sites for hydroxylation is 1. The van der Waals surface area contributed by atoms with Crippen molar-refractivity contribution in [2.45, 2.75) is 32.6 Å². The first kappa shape index (κ1) is 20.3. The van der Waals surface area contributed by atoms with Crippen molar-refractivity contribution in [2.24, 2.45) is 0 Å². The highest BCUT2D eigenvalue weighted by Crippen LogP contribution is 2.29. The SMILES string of the molecule is Cc1cccn2cc(COc3ccccc3C(=O)N3CC[C@H](O)c4ccccc4C3)nc12. The summed E-state index contributed by atoms with van der Waals surface area (Å²) in [5.41, 5.74) is 5.18. The zero-order valence-corrected chi connectivity index (χ0v) is 17.9. The molecule has 0 fully saturated rings. The van der Waals surface area contributed by atoms with Gasteiger partial charge in [-0.2, -0.15) is 0 Å². The van der Waals surface area contributed by atoms with Crippen LogP contribution < -0.4 is 4.74 Å². The smallest absolute Gasteiger partial charge is 0.257 e. The summed E-state index contributed by atoms with van der Waals surface area (Å²) in [5.74, 6) is 0.430. The van der Waals surface area contributed by atoms with Crippen LogP contribution in [-0.4, -0.2) is 31.8 Å². The van der Waals surface area contributed by atoms with Gasteiger partial charge in [-0.1, -0.05) is 42.5 Å². The van der Waals surface area contributed by atoms with E-state index in [0.717, 1.165) is 28.0 Å². The molecule has 2 aromatic carbocycles. The summed E-state index contributed by atoms with van der Waals surface area (Å²) < 4.78 is 8.03. The molecule has 162 valence electrons. The first-order valence-electron chi connectivity index (χ1n) is 10.8. The van der Waals surface area contributed by atoms with Crippen molar-refractivity contribution in [3.63, 3.8) is 0 Å². The summed E-state index contributed by atoms with van der Waals surface area (Å²) in [6.45, 7) is 3.24.